The lowest BCUT2D eigenvalue weighted by Gasteiger charge is -2.01. The molecule has 24 heavy (non-hydrogen) atoms. The zero-order valence-corrected chi connectivity index (χ0v) is 14.9. The quantitative estimate of drug-likeness (QED) is 0.451. The highest BCUT2D eigenvalue weighted by molar-refractivity contribution is 7.07. The van der Waals surface area contributed by atoms with E-state index < -0.39 is 0 Å². The van der Waals surface area contributed by atoms with Gasteiger partial charge in [-0.3, -0.25) is 4.99 Å². The first-order valence-electron chi connectivity index (χ1n) is 7.04. The number of thiazole rings is 1. The van der Waals surface area contributed by atoms with Crippen molar-refractivity contribution in [3.63, 3.8) is 0 Å². The summed E-state index contributed by atoms with van der Waals surface area (Å²) in [5.74, 6) is 0.714. The van der Waals surface area contributed by atoms with Crippen molar-refractivity contribution in [2.24, 2.45) is 10.1 Å². The smallest absolute Gasteiger partial charge is 0.206 e. The molecule has 0 amide bonds. The highest BCUT2D eigenvalue weighted by atomic mass is 35.5. The van der Waals surface area contributed by atoms with Gasteiger partial charge in [-0.05, 0) is 24.3 Å². The molecule has 0 fully saturated rings. The third-order valence-corrected chi connectivity index (χ3v) is 4.51. The summed E-state index contributed by atoms with van der Waals surface area (Å²) in [5, 5.41) is 7.58. The van der Waals surface area contributed by atoms with Gasteiger partial charge in [-0.15, -0.1) is 17.9 Å². The van der Waals surface area contributed by atoms with Gasteiger partial charge in [0.25, 0.3) is 0 Å². The standard InChI is InChI=1S/C17H13Cl2N3OS/c1-2-7-20-17-22(15(11-24-17)16-4-3-8-23-16)21-10-12-5-6-13(18)9-14(12)19/h2-6,8-11H,1,7H2. The molecule has 1 aromatic carbocycles. The Hall–Kier alpha value is -2.08. The Morgan fingerprint density at radius 2 is 2.17 bits per heavy atom. The van der Waals surface area contributed by atoms with Crippen LogP contribution in [0.5, 0.6) is 0 Å². The molecular formula is C17H13Cl2N3OS. The number of aromatic nitrogens is 1. The van der Waals surface area contributed by atoms with Crippen LogP contribution in [0.15, 0.2) is 69.1 Å². The maximum atomic E-state index is 6.19. The third-order valence-electron chi connectivity index (χ3n) is 3.09. The first-order valence-corrected chi connectivity index (χ1v) is 8.68. The van der Waals surface area contributed by atoms with Gasteiger partial charge >= 0.3 is 0 Å². The molecule has 7 heteroatoms. The summed E-state index contributed by atoms with van der Waals surface area (Å²) >= 11 is 13.6. The molecule has 0 spiro atoms. The van der Waals surface area contributed by atoms with Crippen LogP contribution in [0.3, 0.4) is 0 Å². The Kier molecular flexibility index (Phi) is 5.35. The van der Waals surface area contributed by atoms with E-state index in [2.05, 4.69) is 16.7 Å². The molecule has 3 aromatic rings. The van der Waals surface area contributed by atoms with E-state index in [9.17, 15) is 0 Å². The van der Waals surface area contributed by atoms with Crippen molar-refractivity contribution in [3.8, 4) is 11.5 Å². The van der Waals surface area contributed by atoms with Crippen LogP contribution in [0.1, 0.15) is 5.56 Å². The first-order chi connectivity index (χ1) is 11.7. The van der Waals surface area contributed by atoms with E-state index in [1.165, 1.54) is 11.3 Å². The number of nitrogens with zero attached hydrogens (tertiary/aromatic N) is 3. The summed E-state index contributed by atoms with van der Waals surface area (Å²) < 4.78 is 7.20. The minimum absolute atomic E-state index is 0.509. The molecule has 0 bridgehead atoms. The molecule has 0 saturated carbocycles. The lowest BCUT2D eigenvalue weighted by Crippen LogP contribution is -2.12. The topological polar surface area (TPSA) is 42.8 Å². The van der Waals surface area contributed by atoms with Crippen molar-refractivity contribution in [3.05, 3.63) is 75.0 Å². The molecule has 2 heterocycles. The molecule has 0 aliphatic heterocycles. The average Bonchev–Trinajstić information content (AvgIpc) is 3.21. The monoisotopic (exact) mass is 377 g/mol. The summed E-state index contributed by atoms with van der Waals surface area (Å²) in [6.45, 7) is 4.20. The van der Waals surface area contributed by atoms with Gasteiger partial charge in [-0.1, -0.05) is 35.3 Å². The second-order valence-electron chi connectivity index (χ2n) is 4.73. The van der Waals surface area contributed by atoms with E-state index in [0.717, 1.165) is 16.1 Å². The van der Waals surface area contributed by atoms with Crippen molar-refractivity contribution in [1.82, 2.24) is 4.68 Å². The van der Waals surface area contributed by atoms with Crippen molar-refractivity contribution in [2.45, 2.75) is 0 Å². The average molecular weight is 378 g/mol. The van der Waals surface area contributed by atoms with Gasteiger partial charge in [0, 0.05) is 16.0 Å². The fourth-order valence-corrected chi connectivity index (χ4v) is 3.27. The SMILES string of the molecule is C=CCN=c1scc(-c2ccco2)n1N=Cc1ccc(Cl)cc1Cl. The molecule has 0 saturated heterocycles. The van der Waals surface area contributed by atoms with Crippen LogP contribution in [0.2, 0.25) is 10.0 Å². The van der Waals surface area contributed by atoms with Gasteiger partial charge in [0.05, 0.1) is 24.0 Å². The molecule has 2 aromatic heterocycles. The molecule has 122 valence electrons. The van der Waals surface area contributed by atoms with E-state index in [4.69, 9.17) is 27.6 Å². The Morgan fingerprint density at radius 1 is 1.29 bits per heavy atom. The van der Waals surface area contributed by atoms with E-state index >= 15 is 0 Å². The lowest BCUT2D eigenvalue weighted by atomic mass is 10.2. The van der Waals surface area contributed by atoms with Crippen LogP contribution in [-0.2, 0) is 0 Å². The molecule has 3 rings (SSSR count). The molecule has 0 unspecified atom stereocenters. The summed E-state index contributed by atoms with van der Waals surface area (Å²) in [5.41, 5.74) is 1.58. The second kappa shape index (κ2) is 7.66. The number of hydrogen-bond donors (Lipinski definition) is 0. The summed E-state index contributed by atoms with van der Waals surface area (Å²) in [6, 6.07) is 8.97. The number of rotatable bonds is 5. The van der Waals surface area contributed by atoms with Gasteiger partial charge in [0.2, 0.25) is 4.80 Å². The van der Waals surface area contributed by atoms with Gasteiger partial charge in [0.15, 0.2) is 5.76 Å². The summed E-state index contributed by atoms with van der Waals surface area (Å²) in [6.07, 6.45) is 5.03. The van der Waals surface area contributed by atoms with Crippen LogP contribution in [0, 0.1) is 0 Å². The van der Waals surface area contributed by atoms with Crippen molar-refractivity contribution in [2.75, 3.05) is 6.54 Å². The van der Waals surface area contributed by atoms with Crippen molar-refractivity contribution < 1.29 is 4.42 Å². The zero-order chi connectivity index (χ0) is 16.9. The van der Waals surface area contributed by atoms with Gasteiger partial charge in [0.1, 0.15) is 5.69 Å². The predicted molar refractivity (Wildman–Crippen MR) is 100 cm³/mol. The maximum Gasteiger partial charge on any atom is 0.206 e. The molecule has 0 atom stereocenters. The highest BCUT2D eigenvalue weighted by Crippen LogP contribution is 2.22. The minimum Gasteiger partial charge on any atom is -0.463 e. The number of hydrogen-bond acceptors (Lipinski definition) is 4. The Labute approximate surface area is 153 Å². The Balaban J connectivity index is 2.06. The summed E-state index contributed by atoms with van der Waals surface area (Å²) in [7, 11) is 0. The molecule has 4 nitrogen and oxygen atoms in total. The minimum atomic E-state index is 0.509. The van der Waals surface area contributed by atoms with Gasteiger partial charge < -0.3 is 4.42 Å². The number of furan rings is 1. The van der Waals surface area contributed by atoms with Gasteiger partial charge in [-0.25, -0.2) is 4.68 Å². The molecule has 0 radical (unpaired) electrons. The molecule has 0 N–H and O–H groups in total. The van der Waals surface area contributed by atoms with E-state index in [1.807, 2.05) is 23.6 Å². The second-order valence-corrected chi connectivity index (χ2v) is 6.41. The Morgan fingerprint density at radius 3 is 2.88 bits per heavy atom. The molecule has 0 aliphatic rings. The Bertz CT molecular complexity index is 939. The zero-order valence-electron chi connectivity index (χ0n) is 12.5. The normalized spacial score (nSPS) is 12.2. The highest BCUT2D eigenvalue weighted by Gasteiger charge is 2.09. The van der Waals surface area contributed by atoms with Crippen molar-refractivity contribution >= 4 is 40.8 Å². The van der Waals surface area contributed by atoms with Crippen LogP contribution in [-0.4, -0.2) is 17.4 Å². The van der Waals surface area contributed by atoms with Crippen LogP contribution >= 0.6 is 34.5 Å². The lowest BCUT2D eigenvalue weighted by molar-refractivity contribution is 0.575. The van der Waals surface area contributed by atoms with Crippen LogP contribution in [0.4, 0.5) is 0 Å². The maximum absolute atomic E-state index is 6.19. The first kappa shape index (κ1) is 16.8. The third kappa shape index (κ3) is 3.70. The van der Waals surface area contributed by atoms with Crippen molar-refractivity contribution in [1.29, 1.82) is 0 Å². The molecule has 0 aliphatic carbocycles. The fourth-order valence-electron chi connectivity index (χ4n) is 1.98. The van der Waals surface area contributed by atoms with Crippen LogP contribution in [0.25, 0.3) is 11.5 Å². The number of halogens is 2. The number of benzene rings is 1. The fraction of sp³-hybridized carbons (Fsp3) is 0.0588. The predicted octanol–water partition coefficient (Wildman–Crippen LogP) is 5.09. The molecular weight excluding hydrogens is 365 g/mol. The summed E-state index contributed by atoms with van der Waals surface area (Å²) in [4.78, 5) is 5.20. The van der Waals surface area contributed by atoms with E-state index in [-0.39, 0.29) is 0 Å². The van der Waals surface area contributed by atoms with E-state index in [1.54, 1.807) is 35.4 Å². The van der Waals surface area contributed by atoms with E-state index in [0.29, 0.717) is 22.4 Å². The van der Waals surface area contributed by atoms with Crippen LogP contribution < -0.4 is 4.80 Å². The largest absolute Gasteiger partial charge is 0.463 e. The van der Waals surface area contributed by atoms with Gasteiger partial charge in [-0.2, -0.15) is 5.10 Å².